The smallest absolute Gasteiger partial charge is 0.241 e. The predicted octanol–water partition coefficient (Wildman–Crippen LogP) is 1.13. The molecule has 6 nitrogen and oxygen atoms in total. The lowest BCUT2D eigenvalue weighted by atomic mass is 10.1. The van der Waals surface area contributed by atoms with Crippen molar-refractivity contribution < 1.29 is 13.2 Å². The van der Waals surface area contributed by atoms with E-state index in [1.54, 1.807) is 26.8 Å². The van der Waals surface area contributed by atoms with Crippen LogP contribution in [0, 0.1) is 12.8 Å². The summed E-state index contributed by atoms with van der Waals surface area (Å²) >= 11 is 3.23. The highest BCUT2D eigenvalue weighted by Gasteiger charge is 2.27. The highest BCUT2D eigenvalue weighted by Crippen LogP contribution is 2.26. The summed E-state index contributed by atoms with van der Waals surface area (Å²) in [5.74, 6) is -0.971. The van der Waals surface area contributed by atoms with Gasteiger partial charge in [0, 0.05) is 10.2 Å². The zero-order valence-corrected chi connectivity index (χ0v) is 13.9. The van der Waals surface area contributed by atoms with E-state index in [0.717, 1.165) is 0 Å². The molecule has 0 aliphatic rings. The minimum absolute atomic E-state index is 0.0325. The number of benzene rings is 1. The summed E-state index contributed by atoms with van der Waals surface area (Å²) < 4.78 is 27.6. The van der Waals surface area contributed by atoms with Gasteiger partial charge in [-0.15, -0.1) is 0 Å². The summed E-state index contributed by atoms with van der Waals surface area (Å²) in [7, 11) is -3.87. The van der Waals surface area contributed by atoms with Gasteiger partial charge in [-0.1, -0.05) is 13.8 Å². The predicted molar refractivity (Wildman–Crippen MR) is 81.4 cm³/mol. The molecule has 1 atom stereocenters. The van der Waals surface area contributed by atoms with Gasteiger partial charge in [0.05, 0.1) is 4.90 Å². The van der Waals surface area contributed by atoms with Crippen molar-refractivity contribution in [2.45, 2.75) is 31.7 Å². The number of sulfonamides is 1. The van der Waals surface area contributed by atoms with E-state index in [4.69, 9.17) is 11.5 Å². The molecule has 0 aliphatic heterocycles. The Hall–Kier alpha value is -1.12. The molecule has 1 unspecified atom stereocenters. The molecule has 1 amide bonds. The summed E-state index contributed by atoms with van der Waals surface area (Å²) in [4.78, 5) is 11.4. The molecule has 0 heterocycles. The number of nitrogens with one attached hydrogen (secondary N) is 1. The number of amides is 1. The second-order valence-electron chi connectivity index (χ2n) is 4.88. The van der Waals surface area contributed by atoms with E-state index in [9.17, 15) is 13.2 Å². The number of hydrogen-bond acceptors (Lipinski definition) is 4. The molecule has 0 saturated carbocycles. The van der Waals surface area contributed by atoms with Gasteiger partial charge in [-0.25, -0.2) is 8.42 Å². The number of aryl methyl sites for hydroxylation is 1. The van der Waals surface area contributed by atoms with Crippen molar-refractivity contribution >= 4 is 37.5 Å². The molecular weight excluding hydrogens is 346 g/mol. The molecule has 0 fully saturated rings. The third-order valence-corrected chi connectivity index (χ3v) is 5.11. The highest BCUT2D eigenvalue weighted by atomic mass is 79.9. The second-order valence-corrected chi connectivity index (χ2v) is 7.42. The lowest BCUT2D eigenvalue weighted by molar-refractivity contribution is -0.120. The van der Waals surface area contributed by atoms with E-state index in [1.165, 1.54) is 6.07 Å². The molecule has 0 spiro atoms. The van der Waals surface area contributed by atoms with Crippen molar-refractivity contribution in [1.82, 2.24) is 4.72 Å². The number of anilines is 1. The minimum Gasteiger partial charge on any atom is -0.398 e. The van der Waals surface area contributed by atoms with Gasteiger partial charge >= 0.3 is 0 Å². The summed E-state index contributed by atoms with van der Waals surface area (Å²) in [6.45, 7) is 5.06. The van der Waals surface area contributed by atoms with Crippen LogP contribution in [-0.2, 0) is 14.8 Å². The van der Waals surface area contributed by atoms with Crippen molar-refractivity contribution in [1.29, 1.82) is 0 Å². The molecule has 0 aliphatic carbocycles. The molecule has 8 heteroatoms. The molecule has 5 N–H and O–H groups in total. The normalized spacial score (nSPS) is 13.4. The second kappa shape index (κ2) is 6.11. The average molecular weight is 364 g/mol. The Kier molecular flexibility index (Phi) is 5.17. The number of halogens is 1. The standard InChI is InChI=1S/C12H18BrN3O3S/c1-6(2)11(12(15)17)16-20(18,19)10-5-9(14)8(13)4-7(10)3/h4-6,11,16H,14H2,1-3H3,(H2,15,17). The van der Waals surface area contributed by atoms with E-state index >= 15 is 0 Å². The van der Waals surface area contributed by atoms with Crippen LogP contribution in [0.3, 0.4) is 0 Å². The Bertz CT molecular complexity index is 629. The van der Waals surface area contributed by atoms with E-state index < -0.39 is 22.0 Å². The zero-order chi connectivity index (χ0) is 15.7. The highest BCUT2D eigenvalue weighted by molar-refractivity contribution is 9.10. The fraction of sp³-hybridized carbons (Fsp3) is 0.417. The molecular formula is C12H18BrN3O3S. The molecule has 0 bridgehead atoms. The number of rotatable bonds is 5. The summed E-state index contributed by atoms with van der Waals surface area (Å²) in [6, 6.07) is 1.99. The van der Waals surface area contributed by atoms with Crippen molar-refractivity contribution in [2.75, 3.05) is 5.73 Å². The SMILES string of the molecule is Cc1cc(Br)c(N)cc1S(=O)(=O)NC(C(N)=O)C(C)C. The summed E-state index contributed by atoms with van der Waals surface area (Å²) in [5.41, 5.74) is 11.7. The summed E-state index contributed by atoms with van der Waals surface area (Å²) in [6.07, 6.45) is 0. The fourth-order valence-electron chi connectivity index (χ4n) is 1.71. The summed E-state index contributed by atoms with van der Waals surface area (Å²) in [5, 5.41) is 0. The van der Waals surface area contributed by atoms with Crippen LogP contribution in [0.15, 0.2) is 21.5 Å². The number of carbonyl (C=O) groups is 1. The van der Waals surface area contributed by atoms with Gasteiger partial charge in [0.1, 0.15) is 6.04 Å². The van der Waals surface area contributed by atoms with E-state index in [0.29, 0.717) is 15.7 Å². The van der Waals surface area contributed by atoms with Crippen LogP contribution in [0.1, 0.15) is 19.4 Å². The Morgan fingerprint density at radius 1 is 1.35 bits per heavy atom. The monoisotopic (exact) mass is 363 g/mol. The Balaban J connectivity index is 3.24. The van der Waals surface area contributed by atoms with Crippen LogP contribution in [0.25, 0.3) is 0 Å². The van der Waals surface area contributed by atoms with Crippen molar-refractivity contribution in [3.05, 3.63) is 22.2 Å². The van der Waals surface area contributed by atoms with E-state index in [-0.39, 0.29) is 10.8 Å². The molecule has 0 radical (unpaired) electrons. The molecule has 0 aromatic heterocycles. The average Bonchev–Trinajstić information content (AvgIpc) is 2.30. The minimum atomic E-state index is -3.87. The Morgan fingerprint density at radius 3 is 2.35 bits per heavy atom. The van der Waals surface area contributed by atoms with Crippen molar-refractivity contribution in [3.63, 3.8) is 0 Å². The molecule has 20 heavy (non-hydrogen) atoms. The Morgan fingerprint density at radius 2 is 1.90 bits per heavy atom. The van der Waals surface area contributed by atoms with Gasteiger partial charge in [0.15, 0.2) is 0 Å². The maximum atomic E-state index is 12.3. The molecule has 0 saturated heterocycles. The van der Waals surface area contributed by atoms with Crippen molar-refractivity contribution in [2.24, 2.45) is 11.7 Å². The molecule has 1 rings (SSSR count). The first kappa shape index (κ1) is 16.9. The zero-order valence-electron chi connectivity index (χ0n) is 11.5. The van der Waals surface area contributed by atoms with Gasteiger partial charge in [-0.2, -0.15) is 4.72 Å². The topological polar surface area (TPSA) is 115 Å². The number of nitrogens with two attached hydrogens (primary N) is 2. The van der Waals surface area contributed by atoms with Crippen LogP contribution in [0.5, 0.6) is 0 Å². The number of primary amides is 1. The first-order valence-electron chi connectivity index (χ1n) is 5.93. The Labute approximate surface area is 127 Å². The lowest BCUT2D eigenvalue weighted by Crippen LogP contribution is -2.47. The molecule has 1 aromatic carbocycles. The first-order chi connectivity index (χ1) is 9.06. The van der Waals surface area contributed by atoms with Crippen LogP contribution >= 0.6 is 15.9 Å². The number of carbonyl (C=O) groups excluding carboxylic acids is 1. The number of hydrogen-bond donors (Lipinski definition) is 3. The van der Waals surface area contributed by atoms with Gasteiger partial charge in [-0.05, 0) is 46.5 Å². The van der Waals surface area contributed by atoms with Crippen LogP contribution in [0.2, 0.25) is 0 Å². The third-order valence-electron chi connectivity index (χ3n) is 2.84. The van der Waals surface area contributed by atoms with Gasteiger partial charge in [0.25, 0.3) is 0 Å². The largest absolute Gasteiger partial charge is 0.398 e. The molecule has 1 aromatic rings. The number of nitrogen functional groups attached to an aromatic ring is 1. The maximum absolute atomic E-state index is 12.3. The van der Waals surface area contributed by atoms with Crippen LogP contribution < -0.4 is 16.2 Å². The lowest BCUT2D eigenvalue weighted by Gasteiger charge is -2.20. The fourth-order valence-corrected chi connectivity index (χ4v) is 3.78. The van der Waals surface area contributed by atoms with Crippen LogP contribution in [0.4, 0.5) is 5.69 Å². The van der Waals surface area contributed by atoms with E-state index in [2.05, 4.69) is 20.7 Å². The van der Waals surface area contributed by atoms with Crippen molar-refractivity contribution in [3.8, 4) is 0 Å². The third kappa shape index (κ3) is 3.71. The first-order valence-corrected chi connectivity index (χ1v) is 8.21. The van der Waals surface area contributed by atoms with E-state index in [1.807, 2.05) is 0 Å². The van der Waals surface area contributed by atoms with Gasteiger partial charge in [-0.3, -0.25) is 4.79 Å². The van der Waals surface area contributed by atoms with Gasteiger partial charge < -0.3 is 11.5 Å². The van der Waals surface area contributed by atoms with Gasteiger partial charge in [0.2, 0.25) is 15.9 Å². The van der Waals surface area contributed by atoms with Crippen LogP contribution in [-0.4, -0.2) is 20.4 Å². The molecule has 112 valence electrons. The maximum Gasteiger partial charge on any atom is 0.241 e. The quantitative estimate of drug-likeness (QED) is 0.679.